The van der Waals surface area contributed by atoms with Crippen molar-refractivity contribution in [2.45, 2.75) is 13.3 Å². The van der Waals surface area contributed by atoms with E-state index in [4.69, 9.17) is 0 Å². The summed E-state index contributed by atoms with van der Waals surface area (Å²) in [4.78, 5) is 4.25. The molecule has 1 saturated heterocycles. The number of nitrogens with one attached hydrogen (secondary N) is 1. The van der Waals surface area contributed by atoms with E-state index in [-0.39, 0.29) is 0 Å². The highest BCUT2D eigenvalue weighted by molar-refractivity contribution is 5.76. The van der Waals surface area contributed by atoms with Crippen LogP contribution in [0.15, 0.2) is 17.4 Å². The average molecular weight is 138 g/mol. The first-order chi connectivity index (χ1) is 4.92. The van der Waals surface area contributed by atoms with E-state index in [2.05, 4.69) is 23.1 Å². The van der Waals surface area contributed by atoms with E-state index in [0.717, 1.165) is 19.5 Å². The molecule has 2 heterocycles. The van der Waals surface area contributed by atoms with E-state index in [1.54, 1.807) is 0 Å². The molecule has 0 aliphatic carbocycles. The molecule has 0 saturated carbocycles. The molecule has 2 aliphatic rings. The molecule has 3 heteroatoms. The number of nitrogens with zero attached hydrogens (tertiary/aromatic N) is 2. The Labute approximate surface area is 60.6 Å². The van der Waals surface area contributed by atoms with Crippen LogP contribution in [0.3, 0.4) is 0 Å². The van der Waals surface area contributed by atoms with Gasteiger partial charge in [0.15, 0.2) is 0 Å². The molecule has 3 nitrogen and oxygen atoms in total. The van der Waals surface area contributed by atoms with E-state index in [9.17, 15) is 0 Å². The molecule has 0 aromatic carbocycles. The third kappa shape index (κ3) is 0.711. The maximum absolute atomic E-state index is 4.25. The largest absolute Gasteiger partial charge is 0.227 e. The molecule has 0 aromatic heterocycles. The summed E-state index contributed by atoms with van der Waals surface area (Å²) in [5.74, 6) is 1.28. The average Bonchev–Trinajstić information content (AvgIpc) is 2.44. The van der Waals surface area contributed by atoms with Crippen molar-refractivity contribution in [2.75, 3.05) is 13.1 Å². The van der Waals surface area contributed by atoms with Gasteiger partial charge in [-0.25, -0.2) is 4.99 Å². The van der Waals surface area contributed by atoms with Gasteiger partial charge >= 0.3 is 0 Å². The fraction of sp³-hybridized carbons (Fsp3) is 0.571. The number of amidine groups is 1. The molecule has 0 spiro atoms. The molecule has 10 heavy (non-hydrogen) atoms. The first kappa shape index (κ1) is 6.07. The molecule has 0 amide bonds. The third-order valence-electron chi connectivity index (χ3n) is 2.10. The van der Waals surface area contributed by atoms with Crippen LogP contribution in [0, 0.1) is 0 Å². The summed E-state index contributed by atoms with van der Waals surface area (Å²) in [6.45, 7) is 4.45. The topological polar surface area (TPSA) is 20.0 Å². The van der Waals surface area contributed by atoms with Crippen LogP contribution in [0.4, 0.5) is 0 Å². The van der Waals surface area contributed by atoms with Gasteiger partial charge in [-0.05, 0) is 6.92 Å². The van der Waals surface area contributed by atoms with Crippen molar-refractivity contribution in [3.05, 3.63) is 12.4 Å². The van der Waals surface area contributed by atoms with Crippen LogP contribution in [0.5, 0.6) is 0 Å². The summed E-state index contributed by atoms with van der Waals surface area (Å²) in [5, 5.41) is 3.71. The first-order valence-electron chi connectivity index (χ1n) is 3.77. The van der Waals surface area contributed by atoms with Crippen molar-refractivity contribution in [3.8, 4) is 0 Å². The van der Waals surface area contributed by atoms with Crippen molar-refractivity contribution < 1.29 is 5.01 Å². The fourth-order valence-electron chi connectivity index (χ4n) is 1.53. The van der Waals surface area contributed by atoms with Gasteiger partial charge in [0.05, 0.1) is 19.2 Å². The number of hydrogen-bond acceptors (Lipinski definition) is 2. The predicted molar refractivity (Wildman–Crippen MR) is 39.4 cm³/mol. The highest BCUT2D eigenvalue weighted by Gasteiger charge is 2.32. The Morgan fingerprint density at radius 2 is 2.70 bits per heavy atom. The Bertz CT molecular complexity index is 195. The summed E-state index contributed by atoms with van der Waals surface area (Å²) in [5.41, 5.74) is 0. The van der Waals surface area contributed by atoms with Crippen LogP contribution < -0.4 is 5.01 Å². The summed E-state index contributed by atoms with van der Waals surface area (Å²) in [6.07, 6.45) is 5.13. The van der Waals surface area contributed by atoms with Crippen molar-refractivity contribution in [1.82, 2.24) is 5.01 Å². The quantitative estimate of drug-likeness (QED) is 0.512. The standard InChI is InChI=1S/C7H11N3/c1-2-9-5-3-7-8-4-6-10(7)9/h4,6H,2-3,5H2,1H3/p+1. The first-order valence-corrected chi connectivity index (χ1v) is 3.77. The Morgan fingerprint density at radius 3 is 3.50 bits per heavy atom. The Morgan fingerprint density at radius 1 is 1.80 bits per heavy atom. The number of rotatable bonds is 1. The highest BCUT2D eigenvalue weighted by atomic mass is 15.7. The number of fused-ring (bicyclic) bond motifs is 1. The minimum atomic E-state index is 1.11. The zero-order chi connectivity index (χ0) is 6.97. The van der Waals surface area contributed by atoms with Gasteiger partial charge in [0.1, 0.15) is 6.20 Å². The van der Waals surface area contributed by atoms with Crippen LogP contribution >= 0.6 is 0 Å². The summed E-state index contributed by atoms with van der Waals surface area (Å²) in [7, 11) is 0. The third-order valence-corrected chi connectivity index (χ3v) is 2.10. The zero-order valence-electron chi connectivity index (χ0n) is 6.17. The van der Waals surface area contributed by atoms with Gasteiger partial charge in [-0.2, -0.15) is 5.01 Å². The van der Waals surface area contributed by atoms with Gasteiger partial charge in [-0.1, -0.05) is 0 Å². The molecule has 2 aliphatic heterocycles. The van der Waals surface area contributed by atoms with Crippen molar-refractivity contribution in [3.63, 3.8) is 0 Å². The number of hydrogen-bond donors (Lipinski definition) is 1. The minimum Gasteiger partial charge on any atom is -0.201 e. The maximum Gasteiger partial charge on any atom is 0.227 e. The SMILES string of the molecule is CCN1CCC2=NC=C[NH+]21. The van der Waals surface area contributed by atoms with Crippen LogP contribution in [0.1, 0.15) is 13.3 Å². The van der Waals surface area contributed by atoms with Gasteiger partial charge in [0, 0.05) is 6.54 Å². The smallest absolute Gasteiger partial charge is 0.201 e. The lowest BCUT2D eigenvalue weighted by Crippen LogP contribution is -3.13. The monoisotopic (exact) mass is 138 g/mol. The van der Waals surface area contributed by atoms with Crippen molar-refractivity contribution >= 4 is 5.84 Å². The lowest BCUT2D eigenvalue weighted by atomic mass is 10.4. The molecule has 0 bridgehead atoms. The van der Waals surface area contributed by atoms with Gasteiger partial charge in [0.2, 0.25) is 5.84 Å². The van der Waals surface area contributed by atoms with E-state index >= 15 is 0 Å². The normalized spacial score (nSPS) is 30.9. The highest BCUT2D eigenvalue weighted by Crippen LogP contribution is 1.97. The summed E-state index contributed by atoms with van der Waals surface area (Å²) in [6, 6.07) is 0. The Balaban J connectivity index is 2.17. The van der Waals surface area contributed by atoms with E-state index in [1.165, 1.54) is 10.8 Å². The van der Waals surface area contributed by atoms with Crippen LogP contribution in [-0.4, -0.2) is 23.9 Å². The Kier molecular flexibility index (Phi) is 1.32. The van der Waals surface area contributed by atoms with Gasteiger partial charge in [-0.15, -0.1) is 5.01 Å². The molecule has 1 unspecified atom stereocenters. The molecule has 0 aromatic rings. The number of quaternary nitrogens is 1. The van der Waals surface area contributed by atoms with Crippen LogP contribution in [-0.2, 0) is 0 Å². The molecule has 0 radical (unpaired) electrons. The molecular weight excluding hydrogens is 126 g/mol. The molecule has 1 atom stereocenters. The number of aliphatic imine (C=N–C) groups is 1. The van der Waals surface area contributed by atoms with Crippen LogP contribution in [0.2, 0.25) is 0 Å². The summed E-state index contributed by atoms with van der Waals surface area (Å²) >= 11 is 0. The van der Waals surface area contributed by atoms with Crippen LogP contribution in [0.25, 0.3) is 0 Å². The molecule has 54 valence electrons. The van der Waals surface area contributed by atoms with E-state index in [0.29, 0.717) is 0 Å². The fourth-order valence-corrected chi connectivity index (χ4v) is 1.53. The molecular formula is C7H12N3+. The van der Waals surface area contributed by atoms with Gasteiger partial charge in [0.25, 0.3) is 0 Å². The molecule has 1 fully saturated rings. The lowest BCUT2D eigenvalue weighted by molar-refractivity contribution is -0.874. The second-order valence-electron chi connectivity index (χ2n) is 2.61. The van der Waals surface area contributed by atoms with Crippen molar-refractivity contribution in [1.29, 1.82) is 0 Å². The van der Waals surface area contributed by atoms with E-state index in [1.807, 2.05) is 6.20 Å². The maximum atomic E-state index is 4.25. The van der Waals surface area contributed by atoms with Gasteiger partial charge in [-0.3, -0.25) is 0 Å². The molecule has 1 N–H and O–H groups in total. The minimum absolute atomic E-state index is 1.11. The molecule has 2 rings (SSSR count). The zero-order valence-corrected chi connectivity index (χ0v) is 6.17. The second kappa shape index (κ2) is 2.18. The Hall–Kier alpha value is -0.670. The lowest BCUT2D eigenvalue weighted by Gasteiger charge is -2.14. The summed E-state index contributed by atoms with van der Waals surface area (Å²) < 4.78 is 0. The van der Waals surface area contributed by atoms with Crippen molar-refractivity contribution in [2.24, 2.45) is 4.99 Å². The predicted octanol–water partition coefficient (Wildman–Crippen LogP) is -0.605. The second-order valence-corrected chi connectivity index (χ2v) is 2.61. The van der Waals surface area contributed by atoms with Gasteiger partial charge < -0.3 is 0 Å². The van der Waals surface area contributed by atoms with E-state index < -0.39 is 0 Å².